The predicted molar refractivity (Wildman–Crippen MR) is 145 cm³/mol. The van der Waals surface area contributed by atoms with Crippen LogP contribution in [0.4, 0.5) is 0 Å². The monoisotopic (exact) mass is 561 g/mol. The SMILES string of the molecule is C[C@@H](O)[C@H]1C(=O)N2C(C(=O)O[Si](c3ccccc3)(c3ccccc3)C(C)(C)C)=C(COS(C)(=O)=O)S[C@H]12. The minimum atomic E-state index is -3.81. The number of benzene rings is 2. The number of carbonyl (C=O) groups is 2. The van der Waals surface area contributed by atoms with Crippen LogP contribution in [0.3, 0.4) is 0 Å². The van der Waals surface area contributed by atoms with Crippen LogP contribution in [0.2, 0.25) is 5.04 Å². The van der Waals surface area contributed by atoms with Gasteiger partial charge in [0.05, 0.1) is 24.9 Å². The van der Waals surface area contributed by atoms with Crippen molar-refractivity contribution in [1.29, 1.82) is 0 Å². The Morgan fingerprint density at radius 3 is 2.03 bits per heavy atom. The molecule has 2 aliphatic heterocycles. The molecule has 1 amide bonds. The number of thioether (sulfide) groups is 1. The zero-order chi connectivity index (χ0) is 27.2. The van der Waals surface area contributed by atoms with Crippen molar-refractivity contribution in [3.8, 4) is 0 Å². The summed E-state index contributed by atoms with van der Waals surface area (Å²) in [6.07, 6.45) is -0.00279. The Bertz CT molecular complexity index is 1280. The fraction of sp³-hybridized carbons (Fsp3) is 0.385. The highest BCUT2D eigenvalue weighted by atomic mass is 32.2. The Morgan fingerprint density at radius 1 is 1.08 bits per heavy atom. The summed E-state index contributed by atoms with van der Waals surface area (Å²) in [5.74, 6) is -1.83. The second kappa shape index (κ2) is 10.0. The molecule has 1 saturated heterocycles. The van der Waals surface area contributed by atoms with Crippen molar-refractivity contribution in [2.75, 3.05) is 12.9 Å². The third kappa shape index (κ3) is 5.02. The molecule has 0 bridgehead atoms. The summed E-state index contributed by atoms with van der Waals surface area (Å²) in [7, 11) is -7.10. The smallest absolute Gasteiger partial charge is 0.343 e. The van der Waals surface area contributed by atoms with Gasteiger partial charge in [-0.2, -0.15) is 8.42 Å². The van der Waals surface area contributed by atoms with Gasteiger partial charge in [-0.05, 0) is 22.3 Å². The molecule has 3 atom stereocenters. The van der Waals surface area contributed by atoms with E-state index in [0.29, 0.717) is 0 Å². The molecule has 198 valence electrons. The molecule has 1 N–H and O–H groups in total. The first kappa shape index (κ1) is 27.6. The molecular weight excluding hydrogens is 531 g/mol. The summed E-state index contributed by atoms with van der Waals surface area (Å²) < 4.78 is 35.1. The van der Waals surface area contributed by atoms with Crippen molar-refractivity contribution in [2.45, 2.75) is 44.2 Å². The fourth-order valence-electron chi connectivity index (χ4n) is 4.94. The molecule has 2 heterocycles. The number of amides is 1. The lowest BCUT2D eigenvalue weighted by molar-refractivity contribution is -0.156. The number of nitrogens with zero attached hydrogens (tertiary/aromatic N) is 1. The standard InChI is InChI=1S/C26H31NO7S2Si/c1-17(28)21-23(29)27-22(20(35-24(21)27)16-33-36(5,31)32)25(30)34-37(26(2,3)4,18-12-8-6-9-13-18)19-14-10-7-11-15-19/h6-15,17,21,24,28H,16H2,1-5H3/t17-,21+,24-/m1/s1. The Labute approximate surface area is 222 Å². The van der Waals surface area contributed by atoms with Gasteiger partial charge in [0.15, 0.2) is 0 Å². The van der Waals surface area contributed by atoms with Gasteiger partial charge < -0.3 is 9.53 Å². The number of hydrogen-bond acceptors (Lipinski definition) is 8. The first-order valence-corrected chi connectivity index (χ1v) is 16.5. The number of fused-ring (bicyclic) bond motifs is 1. The number of hydrogen-bond donors (Lipinski definition) is 1. The molecule has 2 aromatic rings. The van der Waals surface area contributed by atoms with E-state index in [1.54, 1.807) is 0 Å². The van der Waals surface area contributed by atoms with Gasteiger partial charge in [-0.15, -0.1) is 0 Å². The minimum absolute atomic E-state index is 0.0199. The van der Waals surface area contributed by atoms with Crippen LogP contribution in [0.25, 0.3) is 0 Å². The summed E-state index contributed by atoms with van der Waals surface area (Å²) in [6.45, 7) is 7.20. The Hall–Kier alpha value is -2.44. The Morgan fingerprint density at radius 2 is 1.59 bits per heavy atom. The molecule has 2 aromatic carbocycles. The van der Waals surface area contributed by atoms with E-state index in [2.05, 4.69) is 0 Å². The van der Waals surface area contributed by atoms with Gasteiger partial charge >= 0.3 is 14.3 Å². The Kier molecular flexibility index (Phi) is 7.48. The second-order valence-corrected chi connectivity index (χ2v) is 17.4. The lowest BCUT2D eigenvalue weighted by atomic mass is 9.92. The molecule has 0 aliphatic carbocycles. The van der Waals surface area contributed by atoms with Crippen molar-refractivity contribution in [3.63, 3.8) is 0 Å². The first-order valence-electron chi connectivity index (χ1n) is 11.9. The third-order valence-electron chi connectivity index (χ3n) is 6.63. The lowest BCUT2D eigenvalue weighted by Crippen LogP contribution is -2.68. The van der Waals surface area contributed by atoms with Crippen LogP contribution in [0.5, 0.6) is 0 Å². The maximum Gasteiger partial charge on any atom is 0.343 e. The lowest BCUT2D eigenvalue weighted by Gasteiger charge is -2.45. The van der Waals surface area contributed by atoms with Gasteiger partial charge in [-0.3, -0.25) is 13.9 Å². The van der Waals surface area contributed by atoms with E-state index in [9.17, 15) is 23.1 Å². The van der Waals surface area contributed by atoms with Gasteiger partial charge in [0.2, 0.25) is 5.91 Å². The summed E-state index contributed by atoms with van der Waals surface area (Å²) in [5.41, 5.74) is -0.0199. The second-order valence-electron chi connectivity index (χ2n) is 10.3. The van der Waals surface area contributed by atoms with E-state index in [-0.39, 0.29) is 10.6 Å². The molecule has 1 fully saturated rings. The van der Waals surface area contributed by atoms with E-state index >= 15 is 0 Å². The minimum Gasteiger partial charge on any atom is -0.505 e. The fourth-order valence-corrected chi connectivity index (χ4v) is 11.2. The first-order chi connectivity index (χ1) is 17.3. The van der Waals surface area contributed by atoms with Crippen LogP contribution >= 0.6 is 11.8 Å². The van der Waals surface area contributed by atoms with E-state index in [0.717, 1.165) is 28.4 Å². The Balaban J connectivity index is 1.83. The highest BCUT2D eigenvalue weighted by molar-refractivity contribution is 8.04. The molecule has 8 nitrogen and oxygen atoms in total. The van der Waals surface area contributed by atoms with Crippen molar-refractivity contribution >= 4 is 52.4 Å². The maximum absolute atomic E-state index is 14.1. The van der Waals surface area contributed by atoms with Gasteiger partial charge in [-0.1, -0.05) is 93.2 Å². The quantitative estimate of drug-likeness (QED) is 0.297. The normalized spacial score (nSPS) is 20.9. The van der Waals surface area contributed by atoms with Crippen LogP contribution in [-0.2, 0) is 28.3 Å². The molecule has 37 heavy (non-hydrogen) atoms. The van der Waals surface area contributed by atoms with Crippen LogP contribution in [0.15, 0.2) is 71.3 Å². The third-order valence-corrected chi connectivity index (χ3v) is 13.4. The molecule has 0 aromatic heterocycles. The van der Waals surface area contributed by atoms with Crippen LogP contribution < -0.4 is 10.4 Å². The van der Waals surface area contributed by atoms with Crippen LogP contribution in [-0.4, -0.2) is 63.0 Å². The topological polar surface area (TPSA) is 110 Å². The number of aliphatic hydroxyl groups excluding tert-OH is 1. The van der Waals surface area contributed by atoms with Crippen LogP contribution in [0, 0.1) is 5.92 Å². The maximum atomic E-state index is 14.1. The number of carbonyl (C=O) groups excluding carboxylic acids is 2. The molecule has 0 saturated carbocycles. The highest BCUT2D eigenvalue weighted by Crippen LogP contribution is 2.51. The van der Waals surface area contributed by atoms with Gasteiger partial charge in [0.25, 0.3) is 10.1 Å². The van der Waals surface area contributed by atoms with Gasteiger partial charge in [-0.25, -0.2) is 4.79 Å². The van der Waals surface area contributed by atoms with Gasteiger partial charge in [0, 0.05) is 4.91 Å². The summed E-state index contributed by atoms with van der Waals surface area (Å²) in [5, 5.41) is 10.9. The van der Waals surface area contributed by atoms with E-state index in [1.807, 2.05) is 81.4 Å². The van der Waals surface area contributed by atoms with E-state index < -0.39 is 59.4 Å². The predicted octanol–water partition coefficient (Wildman–Crippen LogP) is 2.19. The van der Waals surface area contributed by atoms with Crippen molar-refractivity contribution in [2.24, 2.45) is 5.92 Å². The molecule has 2 aliphatic rings. The zero-order valence-corrected chi connectivity index (χ0v) is 24.0. The van der Waals surface area contributed by atoms with Crippen LogP contribution in [0.1, 0.15) is 27.7 Å². The summed E-state index contributed by atoms with van der Waals surface area (Å²) >= 11 is 1.15. The largest absolute Gasteiger partial charge is 0.505 e. The molecule has 0 radical (unpaired) electrons. The zero-order valence-electron chi connectivity index (χ0n) is 21.4. The molecule has 4 rings (SSSR count). The number of aliphatic hydroxyl groups is 1. The summed E-state index contributed by atoms with van der Waals surface area (Å²) in [4.78, 5) is 28.7. The number of rotatable bonds is 8. The van der Waals surface area contributed by atoms with Crippen molar-refractivity contribution in [3.05, 3.63) is 71.3 Å². The molecular formula is C26H31NO7S2Si. The number of β-lactam (4-membered cyclic amide) rings is 1. The highest BCUT2D eigenvalue weighted by Gasteiger charge is 2.60. The summed E-state index contributed by atoms with van der Waals surface area (Å²) in [6, 6.07) is 19.2. The molecule has 0 unspecified atom stereocenters. The van der Waals surface area contributed by atoms with Gasteiger partial charge in [0.1, 0.15) is 11.1 Å². The van der Waals surface area contributed by atoms with E-state index in [4.69, 9.17) is 8.61 Å². The van der Waals surface area contributed by atoms with E-state index in [1.165, 1.54) is 11.8 Å². The molecule has 11 heteroatoms. The van der Waals surface area contributed by atoms with Crippen molar-refractivity contribution < 1.29 is 31.7 Å². The van der Waals surface area contributed by atoms with Crippen molar-refractivity contribution in [1.82, 2.24) is 4.90 Å². The average molecular weight is 562 g/mol. The molecule has 0 spiro atoms. The average Bonchev–Trinajstić information content (AvgIpc) is 3.15.